The lowest BCUT2D eigenvalue weighted by Crippen LogP contribution is -2.54. The molecule has 0 N–H and O–H groups in total. The minimum Gasteiger partial charge on any atom is -0.444 e. The SMILES string of the molecule is CC(C)(C)OC(=O)N1CCOC[C@@H]1CN1Cc2ccc(-c3nnc(C(F)F)o3)cc2C1=O. The second kappa shape index (κ2) is 8.45. The lowest BCUT2D eigenvalue weighted by atomic mass is 10.1. The lowest BCUT2D eigenvalue weighted by Gasteiger charge is -2.38. The summed E-state index contributed by atoms with van der Waals surface area (Å²) in [6, 6.07) is 4.59. The molecular weight excluding hydrogens is 426 g/mol. The molecule has 4 rings (SSSR count). The van der Waals surface area contributed by atoms with Crippen molar-refractivity contribution in [3.8, 4) is 11.5 Å². The van der Waals surface area contributed by atoms with Gasteiger partial charge in [-0.2, -0.15) is 8.78 Å². The number of nitrogens with zero attached hydrogens (tertiary/aromatic N) is 4. The van der Waals surface area contributed by atoms with Gasteiger partial charge in [0.15, 0.2) is 0 Å². The number of hydrogen-bond donors (Lipinski definition) is 0. The van der Waals surface area contributed by atoms with Crippen molar-refractivity contribution in [1.29, 1.82) is 0 Å². The molecule has 1 aromatic carbocycles. The van der Waals surface area contributed by atoms with Crippen LogP contribution in [0.3, 0.4) is 0 Å². The molecule has 0 saturated carbocycles. The summed E-state index contributed by atoms with van der Waals surface area (Å²) in [6.07, 6.45) is -3.31. The van der Waals surface area contributed by atoms with Gasteiger partial charge in [0.05, 0.1) is 19.3 Å². The number of benzene rings is 1. The van der Waals surface area contributed by atoms with Crippen LogP contribution in [0.2, 0.25) is 0 Å². The summed E-state index contributed by atoms with van der Waals surface area (Å²) in [7, 11) is 0. The molecule has 2 aromatic rings. The highest BCUT2D eigenvalue weighted by molar-refractivity contribution is 5.99. The standard InChI is InChI=1S/C21H24F2N4O5/c1-21(2,3)32-20(29)27-6-7-30-11-14(27)10-26-9-13-5-4-12(8-15(13)19(26)28)17-24-25-18(31-17)16(22)23/h4-5,8,14,16H,6-7,9-11H2,1-3H3/t14-/m0/s1. The Bertz CT molecular complexity index is 1020. The Kier molecular flexibility index (Phi) is 5.85. The zero-order valence-corrected chi connectivity index (χ0v) is 18.0. The van der Waals surface area contributed by atoms with E-state index >= 15 is 0 Å². The fraction of sp³-hybridized carbons (Fsp3) is 0.524. The largest absolute Gasteiger partial charge is 0.444 e. The van der Waals surface area contributed by atoms with E-state index in [0.717, 1.165) is 5.56 Å². The van der Waals surface area contributed by atoms with Gasteiger partial charge >= 0.3 is 12.5 Å². The fourth-order valence-electron chi connectivity index (χ4n) is 3.70. The van der Waals surface area contributed by atoms with Crippen molar-refractivity contribution in [1.82, 2.24) is 20.0 Å². The number of morpholine rings is 1. The minimum absolute atomic E-state index is 0.0777. The summed E-state index contributed by atoms with van der Waals surface area (Å²) < 4.78 is 41.5. The first-order valence-electron chi connectivity index (χ1n) is 10.2. The zero-order valence-electron chi connectivity index (χ0n) is 18.0. The topological polar surface area (TPSA) is 98.0 Å². The van der Waals surface area contributed by atoms with Gasteiger partial charge in [-0.15, -0.1) is 10.2 Å². The van der Waals surface area contributed by atoms with E-state index in [4.69, 9.17) is 13.9 Å². The molecule has 1 saturated heterocycles. The van der Waals surface area contributed by atoms with Crippen molar-refractivity contribution < 1.29 is 32.3 Å². The fourth-order valence-corrected chi connectivity index (χ4v) is 3.70. The molecule has 2 aliphatic rings. The summed E-state index contributed by atoms with van der Waals surface area (Å²) in [6.45, 7) is 7.10. The number of aromatic nitrogens is 2. The summed E-state index contributed by atoms with van der Waals surface area (Å²) in [4.78, 5) is 28.9. The molecule has 2 amide bonds. The summed E-state index contributed by atoms with van der Waals surface area (Å²) in [5.41, 5.74) is 0.970. The van der Waals surface area contributed by atoms with Crippen LogP contribution in [0.1, 0.15) is 49.0 Å². The second-order valence-electron chi connectivity index (χ2n) is 8.71. The molecule has 3 heterocycles. The highest BCUT2D eigenvalue weighted by Gasteiger charge is 2.36. The van der Waals surface area contributed by atoms with Gasteiger partial charge in [0.1, 0.15) is 5.60 Å². The van der Waals surface area contributed by atoms with Crippen molar-refractivity contribution in [2.45, 2.75) is 45.4 Å². The van der Waals surface area contributed by atoms with Gasteiger partial charge in [0.25, 0.3) is 11.8 Å². The van der Waals surface area contributed by atoms with Crippen LogP contribution in [-0.4, -0.2) is 69.9 Å². The maximum Gasteiger partial charge on any atom is 0.410 e. The van der Waals surface area contributed by atoms with Gasteiger partial charge in [-0.25, -0.2) is 4.79 Å². The molecule has 32 heavy (non-hydrogen) atoms. The van der Waals surface area contributed by atoms with Gasteiger partial charge in [-0.3, -0.25) is 9.69 Å². The normalized spacial score (nSPS) is 18.9. The van der Waals surface area contributed by atoms with Crippen LogP contribution in [0.5, 0.6) is 0 Å². The van der Waals surface area contributed by atoms with Crippen LogP contribution in [-0.2, 0) is 16.0 Å². The van der Waals surface area contributed by atoms with Crippen LogP contribution < -0.4 is 0 Å². The molecule has 0 radical (unpaired) electrons. The molecular formula is C21H24F2N4O5. The molecule has 1 fully saturated rings. The first-order valence-corrected chi connectivity index (χ1v) is 10.2. The van der Waals surface area contributed by atoms with Crippen molar-refractivity contribution in [2.75, 3.05) is 26.3 Å². The predicted molar refractivity (Wildman–Crippen MR) is 107 cm³/mol. The third-order valence-electron chi connectivity index (χ3n) is 5.15. The van der Waals surface area contributed by atoms with E-state index in [0.29, 0.717) is 37.4 Å². The summed E-state index contributed by atoms with van der Waals surface area (Å²) in [5, 5.41) is 6.95. The third-order valence-corrected chi connectivity index (χ3v) is 5.15. The molecule has 0 aliphatic carbocycles. The van der Waals surface area contributed by atoms with E-state index in [1.54, 1.807) is 48.8 Å². The van der Waals surface area contributed by atoms with Crippen LogP contribution in [0.25, 0.3) is 11.5 Å². The molecule has 1 aromatic heterocycles. The Balaban J connectivity index is 1.48. The Labute approximate surface area is 183 Å². The van der Waals surface area contributed by atoms with Gasteiger partial charge in [-0.05, 0) is 38.5 Å². The quantitative estimate of drug-likeness (QED) is 0.705. The van der Waals surface area contributed by atoms with Crippen LogP contribution in [0.4, 0.5) is 13.6 Å². The average Bonchev–Trinajstić information content (AvgIpc) is 3.33. The summed E-state index contributed by atoms with van der Waals surface area (Å²) >= 11 is 0. The second-order valence-corrected chi connectivity index (χ2v) is 8.71. The average molecular weight is 450 g/mol. The zero-order chi connectivity index (χ0) is 23.0. The number of halogens is 2. The van der Waals surface area contributed by atoms with Gasteiger partial charge in [0.2, 0.25) is 5.89 Å². The van der Waals surface area contributed by atoms with Gasteiger partial charge in [0, 0.05) is 30.8 Å². The molecule has 9 nitrogen and oxygen atoms in total. The first-order chi connectivity index (χ1) is 15.1. The van der Waals surface area contributed by atoms with E-state index in [-0.39, 0.29) is 24.4 Å². The van der Waals surface area contributed by atoms with E-state index in [1.807, 2.05) is 0 Å². The first kappa shape index (κ1) is 22.1. The van der Waals surface area contributed by atoms with Crippen molar-refractivity contribution in [3.05, 3.63) is 35.2 Å². The van der Waals surface area contributed by atoms with Crippen LogP contribution in [0.15, 0.2) is 22.6 Å². The Morgan fingerprint density at radius 3 is 2.78 bits per heavy atom. The number of rotatable bonds is 4. The van der Waals surface area contributed by atoms with E-state index in [2.05, 4.69) is 10.2 Å². The molecule has 2 aliphatic heterocycles. The number of carbonyl (C=O) groups excluding carboxylic acids is 2. The Morgan fingerprint density at radius 2 is 2.09 bits per heavy atom. The van der Waals surface area contributed by atoms with Crippen LogP contribution in [0, 0.1) is 0 Å². The van der Waals surface area contributed by atoms with Gasteiger partial charge < -0.3 is 18.8 Å². The van der Waals surface area contributed by atoms with Gasteiger partial charge in [-0.1, -0.05) is 6.07 Å². The van der Waals surface area contributed by atoms with Crippen molar-refractivity contribution >= 4 is 12.0 Å². The van der Waals surface area contributed by atoms with Crippen molar-refractivity contribution in [3.63, 3.8) is 0 Å². The minimum atomic E-state index is -2.87. The van der Waals surface area contributed by atoms with E-state index < -0.39 is 24.0 Å². The molecule has 1 atom stereocenters. The number of alkyl halides is 2. The number of hydrogen-bond acceptors (Lipinski definition) is 7. The highest BCUT2D eigenvalue weighted by atomic mass is 19.3. The molecule has 172 valence electrons. The number of ether oxygens (including phenoxy) is 2. The maximum atomic E-state index is 13.0. The molecule has 11 heteroatoms. The smallest absolute Gasteiger partial charge is 0.410 e. The number of fused-ring (bicyclic) bond motifs is 1. The van der Waals surface area contributed by atoms with Crippen LogP contribution >= 0.6 is 0 Å². The number of amides is 2. The van der Waals surface area contributed by atoms with E-state index in [9.17, 15) is 18.4 Å². The Morgan fingerprint density at radius 1 is 1.31 bits per heavy atom. The molecule has 0 spiro atoms. The van der Waals surface area contributed by atoms with Crippen molar-refractivity contribution in [2.24, 2.45) is 0 Å². The monoisotopic (exact) mass is 450 g/mol. The molecule has 0 unspecified atom stereocenters. The number of carbonyl (C=O) groups is 2. The molecule has 0 bridgehead atoms. The Hall–Kier alpha value is -3.08. The third kappa shape index (κ3) is 4.57. The van der Waals surface area contributed by atoms with E-state index in [1.165, 1.54) is 0 Å². The summed E-state index contributed by atoms with van der Waals surface area (Å²) in [5.74, 6) is -1.08. The predicted octanol–water partition coefficient (Wildman–Crippen LogP) is 3.27. The maximum absolute atomic E-state index is 13.0. The lowest BCUT2D eigenvalue weighted by molar-refractivity contribution is -0.0380. The highest BCUT2D eigenvalue weighted by Crippen LogP contribution is 2.30.